The van der Waals surface area contributed by atoms with Crippen LogP contribution in [0.25, 0.3) is 0 Å². The monoisotopic (exact) mass is 495 g/mol. The van der Waals surface area contributed by atoms with E-state index >= 15 is 0 Å². The minimum Gasteiger partial charge on any atom is -0.367 e. The summed E-state index contributed by atoms with van der Waals surface area (Å²) in [6, 6.07) is 8.40. The summed E-state index contributed by atoms with van der Waals surface area (Å²) in [5, 5.41) is 23.0. The number of non-ortho nitro benzene ring substituents is 1. The first-order chi connectivity index (χ1) is 15.7. The maximum Gasteiger partial charge on any atom is 0.294 e. The third-order valence-electron chi connectivity index (χ3n) is 5.93. The first-order valence-electron chi connectivity index (χ1n) is 10.4. The summed E-state index contributed by atoms with van der Waals surface area (Å²) < 4.78 is 27.9. The van der Waals surface area contributed by atoms with Crippen LogP contribution in [0.5, 0.6) is 0 Å². The normalized spacial score (nSPS) is 17.4. The fourth-order valence-electron chi connectivity index (χ4n) is 4.25. The summed E-state index contributed by atoms with van der Waals surface area (Å²) in [6.07, 6.45) is 1.50. The van der Waals surface area contributed by atoms with Gasteiger partial charge in [-0.2, -0.15) is 4.31 Å². The Morgan fingerprint density at radius 2 is 1.36 bits per heavy atom. The Bertz CT molecular complexity index is 1190. The van der Waals surface area contributed by atoms with E-state index < -0.39 is 19.9 Å². The van der Waals surface area contributed by atoms with Crippen molar-refractivity contribution >= 4 is 44.4 Å². The molecule has 0 N–H and O–H groups in total. The highest BCUT2D eigenvalue weighted by atomic mass is 35.5. The Kier molecular flexibility index (Phi) is 6.41. The van der Waals surface area contributed by atoms with Crippen LogP contribution in [0.15, 0.2) is 41.3 Å². The first-order valence-corrected chi connectivity index (χ1v) is 12.2. The highest BCUT2D eigenvalue weighted by molar-refractivity contribution is 7.89. The third kappa shape index (κ3) is 4.59. The molecule has 11 nitrogen and oxygen atoms in total. The lowest BCUT2D eigenvalue weighted by Gasteiger charge is -2.38. The fraction of sp³-hybridized carbons (Fsp3) is 0.400. The summed E-state index contributed by atoms with van der Waals surface area (Å²) in [5.41, 5.74) is 0.464. The number of rotatable bonds is 6. The van der Waals surface area contributed by atoms with Crippen molar-refractivity contribution in [2.75, 3.05) is 49.1 Å². The fourth-order valence-corrected chi connectivity index (χ4v) is 6.16. The zero-order valence-electron chi connectivity index (χ0n) is 17.6. The van der Waals surface area contributed by atoms with Crippen LogP contribution in [0.4, 0.5) is 22.7 Å². The van der Waals surface area contributed by atoms with E-state index in [1.54, 1.807) is 12.1 Å². The second-order valence-electron chi connectivity index (χ2n) is 7.88. The number of benzene rings is 2. The highest BCUT2D eigenvalue weighted by Gasteiger charge is 2.33. The Morgan fingerprint density at radius 3 is 1.94 bits per heavy atom. The molecule has 2 aromatic rings. The van der Waals surface area contributed by atoms with Gasteiger partial charge in [0.15, 0.2) is 0 Å². The molecule has 0 bridgehead atoms. The molecule has 2 saturated heterocycles. The topological polar surface area (TPSA) is 130 Å². The summed E-state index contributed by atoms with van der Waals surface area (Å²) in [4.78, 5) is 25.3. The molecule has 0 saturated carbocycles. The molecule has 0 aromatic heterocycles. The predicted octanol–water partition coefficient (Wildman–Crippen LogP) is 3.27. The van der Waals surface area contributed by atoms with Crippen molar-refractivity contribution in [2.45, 2.75) is 17.7 Å². The van der Waals surface area contributed by atoms with E-state index in [1.165, 1.54) is 22.5 Å². The first kappa shape index (κ1) is 23.2. The minimum atomic E-state index is -3.89. The predicted molar refractivity (Wildman–Crippen MR) is 124 cm³/mol. The van der Waals surface area contributed by atoms with Crippen LogP contribution < -0.4 is 9.80 Å². The van der Waals surface area contributed by atoms with E-state index in [2.05, 4.69) is 0 Å². The number of hydrogen-bond acceptors (Lipinski definition) is 8. The summed E-state index contributed by atoms with van der Waals surface area (Å²) in [7, 11) is -3.89. The van der Waals surface area contributed by atoms with Crippen LogP contribution in [-0.4, -0.2) is 61.8 Å². The molecule has 33 heavy (non-hydrogen) atoms. The van der Waals surface area contributed by atoms with Crippen LogP contribution in [0.2, 0.25) is 5.02 Å². The second kappa shape index (κ2) is 9.12. The van der Waals surface area contributed by atoms with Gasteiger partial charge in [0.2, 0.25) is 10.0 Å². The van der Waals surface area contributed by atoms with Crippen LogP contribution >= 0.6 is 11.6 Å². The van der Waals surface area contributed by atoms with Gasteiger partial charge in [0.25, 0.3) is 11.4 Å². The lowest BCUT2D eigenvalue weighted by molar-refractivity contribution is -0.385. The van der Waals surface area contributed by atoms with E-state index in [0.29, 0.717) is 50.6 Å². The summed E-state index contributed by atoms with van der Waals surface area (Å²) >= 11 is 5.91. The minimum absolute atomic E-state index is 0.0791. The Morgan fingerprint density at radius 1 is 0.788 bits per heavy atom. The van der Waals surface area contributed by atoms with Crippen molar-refractivity contribution in [3.8, 4) is 0 Å². The van der Waals surface area contributed by atoms with Crippen molar-refractivity contribution in [1.29, 1.82) is 0 Å². The van der Waals surface area contributed by atoms with Gasteiger partial charge in [-0.3, -0.25) is 20.2 Å². The smallest absolute Gasteiger partial charge is 0.294 e. The van der Waals surface area contributed by atoms with Crippen LogP contribution in [0, 0.1) is 20.2 Å². The number of anilines is 2. The number of piperazine rings is 1. The number of nitro groups is 2. The molecule has 0 spiro atoms. The third-order valence-corrected chi connectivity index (χ3v) is 8.10. The molecule has 0 aliphatic carbocycles. The molecule has 0 atom stereocenters. The summed E-state index contributed by atoms with van der Waals surface area (Å²) in [5.74, 6) is 0. The lowest BCUT2D eigenvalue weighted by Crippen LogP contribution is -2.47. The Labute approximate surface area is 195 Å². The molecule has 0 unspecified atom stereocenters. The molecular weight excluding hydrogens is 474 g/mol. The number of nitrogens with zero attached hydrogens (tertiary/aromatic N) is 5. The molecular formula is C20H22ClN5O6S. The average molecular weight is 496 g/mol. The van der Waals surface area contributed by atoms with Gasteiger partial charge < -0.3 is 9.80 Å². The van der Waals surface area contributed by atoms with Gasteiger partial charge in [-0.25, -0.2) is 8.42 Å². The molecule has 2 heterocycles. The second-order valence-corrected chi connectivity index (χ2v) is 10.2. The van der Waals surface area contributed by atoms with Gasteiger partial charge in [-0.1, -0.05) is 11.6 Å². The number of sulfonamides is 1. The van der Waals surface area contributed by atoms with Crippen LogP contribution in [-0.2, 0) is 10.0 Å². The van der Waals surface area contributed by atoms with E-state index in [-0.39, 0.29) is 21.3 Å². The van der Waals surface area contributed by atoms with Gasteiger partial charge >= 0.3 is 0 Å². The Balaban J connectivity index is 1.62. The Hall–Kier alpha value is -2.96. The van der Waals surface area contributed by atoms with Gasteiger partial charge in [-0.15, -0.1) is 0 Å². The molecule has 4 rings (SSSR count). The standard InChI is InChI=1S/C20H22ClN5O6S/c21-15-3-5-17(19(13-15)26(29)30)22-9-11-23(12-10-22)18-6-4-16(25(27)28)14-20(18)33(31,32)24-7-1-2-8-24/h3-6,13-14H,1-2,7-12H2. The highest BCUT2D eigenvalue weighted by Crippen LogP contribution is 2.35. The number of halogens is 1. The zero-order valence-corrected chi connectivity index (χ0v) is 19.2. The number of hydrogen-bond donors (Lipinski definition) is 0. The SMILES string of the molecule is O=[N+]([O-])c1ccc(N2CCN(c3ccc(Cl)cc3[N+](=O)[O-])CC2)c(S(=O)(=O)N2CCCC2)c1. The molecule has 13 heteroatoms. The van der Waals surface area contributed by atoms with Crippen molar-refractivity contribution in [3.63, 3.8) is 0 Å². The quantitative estimate of drug-likeness (QED) is 0.441. The molecule has 2 fully saturated rings. The van der Waals surface area contributed by atoms with Crippen LogP contribution in [0.1, 0.15) is 12.8 Å². The van der Waals surface area contributed by atoms with Crippen molar-refractivity contribution in [3.05, 3.63) is 61.6 Å². The van der Waals surface area contributed by atoms with E-state index in [9.17, 15) is 28.6 Å². The van der Waals surface area contributed by atoms with Crippen molar-refractivity contribution in [2.24, 2.45) is 0 Å². The maximum absolute atomic E-state index is 13.3. The molecule has 2 aliphatic rings. The van der Waals surface area contributed by atoms with Gasteiger partial charge in [0, 0.05) is 62.5 Å². The molecule has 0 radical (unpaired) electrons. The van der Waals surface area contributed by atoms with E-state index in [1.807, 2.05) is 9.80 Å². The number of nitro benzene ring substituents is 2. The van der Waals surface area contributed by atoms with Crippen LogP contribution in [0.3, 0.4) is 0 Å². The van der Waals surface area contributed by atoms with Crippen molar-refractivity contribution < 1.29 is 18.3 Å². The maximum atomic E-state index is 13.3. The van der Waals surface area contributed by atoms with Gasteiger partial charge in [0.1, 0.15) is 10.6 Å². The molecule has 2 aliphatic heterocycles. The lowest BCUT2D eigenvalue weighted by atomic mass is 10.2. The van der Waals surface area contributed by atoms with Gasteiger partial charge in [0.05, 0.1) is 15.5 Å². The molecule has 2 aromatic carbocycles. The van der Waals surface area contributed by atoms with Crippen molar-refractivity contribution in [1.82, 2.24) is 4.31 Å². The average Bonchev–Trinajstić information content (AvgIpc) is 3.35. The van der Waals surface area contributed by atoms with Gasteiger partial charge in [-0.05, 0) is 31.0 Å². The summed E-state index contributed by atoms with van der Waals surface area (Å²) in [6.45, 7) is 2.36. The zero-order chi connectivity index (χ0) is 23.8. The molecule has 0 amide bonds. The van der Waals surface area contributed by atoms with E-state index in [4.69, 9.17) is 11.6 Å². The van der Waals surface area contributed by atoms with E-state index in [0.717, 1.165) is 18.9 Å². The molecule has 176 valence electrons. The largest absolute Gasteiger partial charge is 0.367 e.